The van der Waals surface area contributed by atoms with Crippen molar-refractivity contribution in [3.8, 4) is 0 Å². The van der Waals surface area contributed by atoms with Gasteiger partial charge in [-0.05, 0) is 62.6 Å². The van der Waals surface area contributed by atoms with E-state index in [2.05, 4.69) is 80.9 Å². The van der Waals surface area contributed by atoms with E-state index in [-0.39, 0.29) is 0 Å². The van der Waals surface area contributed by atoms with Crippen LogP contribution in [0.25, 0.3) is 0 Å². The summed E-state index contributed by atoms with van der Waals surface area (Å²) >= 11 is 0. The van der Waals surface area contributed by atoms with Gasteiger partial charge in [0.15, 0.2) is 0 Å². The Morgan fingerprint density at radius 1 is 0.900 bits per heavy atom. The molecule has 1 heterocycles. The van der Waals surface area contributed by atoms with Crippen LogP contribution in [-0.4, -0.2) is 13.2 Å². The van der Waals surface area contributed by atoms with Crippen LogP contribution in [0, 0.1) is 20.8 Å². The molecule has 0 aromatic heterocycles. The van der Waals surface area contributed by atoms with E-state index in [0.717, 1.165) is 0 Å². The maximum absolute atomic E-state index is 2.44. The van der Waals surface area contributed by atoms with Crippen LogP contribution in [0.3, 0.4) is 0 Å². The van der Waals surface area contributed by atoms with Gasteiger partial charge in [0.25, 0.3) is 0 Å². The molecule has 104 valence electrons. The molecular formula is C18H22N2. The fraction of sp³-hybridized carbons (Fsp3) is 0.333. The molecule has 0 amide bonds. The summed E-state index contributed by atoms with van der Waals surface area (Å²) in [5, 5.41) is 0. The van der Waals surface area contributed by atoms with E-state index in [1.807, 2.05) is 0 Å². The van der Waals surface area contributed by atoms with Crippen molar-refractivity contribution < 1.29 is 0 Å². The lowest BCUT2D eigenvalue weighted by atomic mass is 10.1. The second-order valence-electron chi connectivity index (χ2n) is 5.82. The topological polar surface area (TPSA) is 6.48 Å². The Labute approximate surface area is 121 Å². The molecule has 1 aliphatic heterocycles. The molecule has 20 heavy (non-hydrogen) atoms. The van der Waals surface area contributed by atoms with Crippen molar-refractivity contribution in [2.24, 2.45) is 0 Å². The second-order valence-corrected chi connectivity index (χ2v) is 5.82. The van der Waals surface area contributed by atoms with Crippen LogP contribution in [0.15, 0.2) is 36.4 Å². The first-order valence-corrected chi connectivity index (χ1v) is 7.19. The molecule has 2 aromatic carbocycles. The van der Waals surface area contributed by atoms with Crippen LogP contribution in [0.5, 0.6) is 0 Å². The predicted octanol–water partition coefficient (Wildman–Crippen LogP) is 4.55. The number of hydrogen-bond donors (Lipinski definition) is 0. The van der Waals surface area contributed by atoms with E-state index in [9.17, 15) is 0 Å². The van der Waals surface area contributed by atoms with Gasteiger partial charge in [0.05, 0.1) is 11.4 Å². The maximum atomic E-state index is 2.44. The van der Waals surface area contributed by atoms with Gasteiger partial charge in [0.1, 0.15) is 6.17 Å². The molecule has 0 saturated heterocycles. The van der Waals surface area contributed by atoms with Crippen molar-refractivity contribution in [2.45, 2.75) is 33.9 Å². The lowest BCUT2D eigenvalue weighted by molar-refractivity contribution is 0.732. The predicted molar refractivity (Wildman–Crippen MR) is 87.1 cm³/mol. The molecule has 0 radical (unpaired) electrons. The van der Waals surface area contributed by atoms with E-state index in [1.54, 1.807) is 0 Å². The molecule has 0 N–H and O–H groups in total. The minimum Gasteiger partial charge on any atom is -0.353 e. The number of hydrogen-bond acceptors (Lipinski definition) is 2. The Kier molecular flexibility index (Phi) is 2.97. The second kappa shape index (κ2) is 4.55. The molecule has 1 atom stereocenters. The van der Waals surface area contributed by atoms with Crippen molar-refractivity contribution in [1.29, 1.82) is 0 Å². The van der Waals surface area contributed by atoms with Gasteiger partial charge in [0.2, 0.25) is 0 Å². The highest BCUT2D eigenvalue weighted by atomic mass is 15.4. The molecule has 0 bridgehead atoms. The summed E-state index contributed by atoms with van der Waals surface area (Å²) in [4.78, 5) is 4.79. The number of rotatable bonds is 1. The number of fused-ring (bicyclic) bond motifs is 1. The highest BCUT2D eigenvalue weighted by Gasteiger charge is 2.32. The van der Waals surface area contributed by atoms with E-state index in [0.29, 0.717) is 6.17 Å². The molecule has 1 aliphatic rings. The number of anilines is 3. The molecule has 2 aromatic rings. The summed E-state index contributed by atoms with van der Waals surface area (Å²) in [5.74, 6) is 0. The van der Waals surface area contributed by atoms with E-state index < -0.39 is 0 Å². The zero-order valence-electron chi connectivity index (χ0n) is 12.9. The van der Waals surface area contributed by atoms with Crippen molar-refractivity contribution >= 4 is 17.1 Å². The summed E-state index contributed by atoms with van der Waals surface area (Å²) in [6.07, 6.45) is 0.340. The standard InChI is InChI=1S/C18H22N2/c1-12-9-10-17-18(11-12)19(5)15(4)20(17)16-8-6-7-13(2)14(16)3/h6-11,15H,1-5H3/t15-/m1/s1. The van der Waals surface area contributed by atoms with Gasteiger partial charge in [0, 0.05) is 12.7 Å². The highest BCUT2D eigenvalue weighted by Crippen LogP contribution is 2.44. The molecule has 0 unspecified atom stereocenters. The average Bonchev–Trinajstić information content (AvgIpc) is 2.66. The van der Waals surface area contributed by atoms with Crippen molar-refractivity contribution in [2.75, 3.05) is 16.8 Å². The largest absolute Gasteiger partial charge is 0.353 e. The highest BCUT2D eigenvalue weighted by molar-refractivity contribution is 5.84. The van der Waals surface area contributed by atoms with Crippen LogP contribution in [-0.2, 0) is 0 Å². The maximum Gasteiger partial charge on any atom is 0.103 e. The van der Waals surface area contributed by atoms with Gasteiger partial charge in [-0.15, -0.1) is 0 Å². The zero-order valence-corrected chi connectivity index (χ0v) is 12.9. The minimum absolute atomic E-state index is 0.340. The molecule has 0 fully saturated rings. The van der Waals surface area contributed by atoms with Gasteiger partial charge >= 0.3 is 0 Å². The van der Waals surface area contributed by atoms with Crippen LogP contribution in [0.1, 0.15) is 23.6 Å². The van der Waals surface area contributed by atoms with Gasteiger partial charge in [-0.3, -0.25) is 0 Å². The first-order valence-electron chi connectivity index (χ1n) is 7.19. The Morgan fingerprint density at radius 3 is 2.40 bits per heavy atom. The van der Waals surface area contributed by atoms with Crippen molar-refractivity contribution in [3.05, 3.63) is 53.1 Å². The van der Waals surface area contributed by atoms with Gasteiger partial charge < -0.3 is 9.80 Å². The molecule has 3 rings (SSSR count). The monoisotopic (exact) mass is 266 g/mol. The SMILES string of the molecule is Cc1ccc2c(c1)N(C)[C@@H](C)N2c1cccc(C)c1C. The molecule has 2 heteroatoms. The van der Waals surface area contributed by atoms with Crippen LogP contribution in [0.4, 0.5) is 17.1 Å². The Balaban J connectivity index is 2.18. The Bertz CT molecular complexity index is 660. The van der Waals surface area contributed by atoms with Crippen molar-refractivity contribution in [1.82, 2.24) is 0 Å². The minimum atomic E-state index is 0.340. The Hall–Kier alpha value is -1.96. The zero-order chi connectivity index (χ0) is 14.4. The number of benzene rings is 2. The number of aryl methyl sites for hydroxylation is 2. The lowest BCUT2D eigenvalue weighted by Gasteiger charge is -2.29. The average molecular weight is 266 g/mol. The van der Waals surface area contributed by atoms with Crippen molar-refractivity contribution in [3.63, 3.8) is 0 Å². The summed E-state index contributed by atoms with van der Waals surface area (Å²) in [6.45, 7) is 8.80. The van der Waals surface area contributed by atoms with E-state index in [1.165, 1.54) is 33.8 Å². The third-order valence-electron chi connectivity index (χ3n) is 4.54. The number of nitrogens with zero attached hydrogens (tertiary/aromatic N) is 2. The molecule has 2 nitrogen and oxygen atoms in total. The van der Waals surface area contributed by atoms with Crippen LogP contribution in [0.2, 0.25) is 0 Å². The van der Waals surface area contributed by atoms with Gasteiger partial charge in [-0.1, -0.05) is 18.2 Å². The molecule has 0 aliphatic carbocycles. The fourth-order valence-electron chi connectivity index (χ4n) is 3.02. The summed E-state index contributed by atoms with van der Waals surface area (Å²) < 4.78 is 0. The van der Waals surface area contributed by atoms with E-state index in [4.69, 9.17) is 0 Å². The van der Waals surface area contributed by atoms with Gasteiger partial charge in [-0.2, -0.15) is 0 Å². The van der Waals surface area contributed by atoms with Crippen LogP contribution >= 0.6 is 0 Å². The normalized spacial score (nSPS) is 17.6. The lowest BCUT2D eigenvalue weighted by Crippen LogP contribution is -2.35. The summed E-state index contributed by atoms with van der Waals surface area (Å²) in [6, 6.07) is 13.3. The third kappa shape index (κ3) is 1.79. The van der Waals surface area contributed by atoms with E-state index >= 15 is 0 Å². The quantitative estimate of drug-likeness (QED) is 0.747. The fourth-order valence-corrected chi connectivity index (χ4v) is 3.02. The first-order chi connectivity index (χ1) is 9.50. The summed E-state index contributed by atoms with van der Waals surface area (Å²) in [5.41, 5.74) is 7.95. The molecule has 0 saturated carbocycles. The third-order valence-corrected chi connectivity index (χ3v) is 4.54. The summed E-state index contributed by atoms with van der Waals surface area (Å²) in [7, 11) is 2.17. The molecule has 0 spiro atoms. The Morgan fingerprint density at radius 2 is 1.65 bits per heavy atom. The first kappa shape index (κ1) is 13.0. The van der Waals surface area contributed by atoms with Gasteiger partial charge in [-0.25, -0.2) is 0 Å². The molecular weight excluding hydrogens is 244 g/mol. The van der Waals surface area contributed by atoms with Crippen LogP contribution < -0.4 is 9.80 Å². The smallest absolute Gasteiger partial charge is 0.103 e.